The van der Waals surface area contributed by atoms with E-state index in [2.05, 4.69) is 69.7 Å². The van der Waals surface area contributed by atoms with Crippen LogP contribution in [0.3, 0.4) is 0 Å². The summed E-state index contributed by atoms with van der Waals surface area (Å²) in [4.78, 5) is 16.6. The summed E-state index contributed by atoms with van der Waals surface area (Å²) in [6, 6.07) is 23.1. The molecule has 0 spiro atoms. The molecule has 0 radical (unpaired) electrons. The Balaban J connectivity index is 1.20. The van der Waals surface area contributed by atoms with Crippen LogP contribution in [0.25, 0.3) is 0 Å². The van der Waals surface area contributed by atoms with Gasteiger partial charge in [0.1, 0.15) is 18.2 Å². The van der Waals surface area contributed by atoms with Gasteiger partial charge in [0.05, 0.1) is 11.8 Å². The van der Waals surface area contributed by atoms with Crippen molar-refractivity contribution in [1.82, 2.24) is 14.9 Å². The number of rotatable bonds is 9. The molecule has 2 aliphatic rings. The number of nitrogens with zero attached hydrogens (tertiary/aromatic N) is 5. The maximum atomic E-state index is 6.09. The van der Waals surface area contributed by atoms with Crippen molar-refractivity contribution in [3.63, 3.8) is 0 Å². The van der Waals surface area contributed by atoms with Crippen LogP contribution in [-0.4, -0.2) is 61.2 Å². The topological polar surface area (TPSA) is 56.8 Å². The zero-order chi connectivity index (χ0) is 25.5. The van der Waals surface area contributed by atoms with Crippen molar-refractivity contribution in [2.24, 2.45) is 0 Å². The van der Waals surface area contributed by atoms with E-state index >= 15 is 0 Å². The van der Waals surface area contributed by atoms with E-state index in [-0.39, 0.29) is 6.04 Å². The highest BCUT2D eigenvalue weighted by molar-refractivity contribution is 5.55. The third kappa shape index (κ3) is 6.89. The van der Waals surface area contributed by atoms with Crippen molar-refractivity contribution in [3.8, 4) is 0 Å². The molecule has 5 rings (SSSR count). The lowest BCUT2D eigenvalue weighted by Crippen LogP contribution is -2.46. The van der Waals surface area contributed by atoms with Crippen LogP contribution in [0.4, 0.5) is 17.6 Å². The first-order valence-electron chi connectivity index (χ1n) is 13.0. The highest BCUT2D eigenvalue weighted by atomic mass is 16.5. The molecule has 1 aliphatic carbocycles. The molecule has 2 aromatic carbocycles. The van der Waals surface area contributed by atoms with Crippen LogP contribution in [0.15, 0.2) is 90.7 Å². The van der Waals surface area contributed by atoms with Gasteiger partial charge in [-0.3, -0.25) is 4.90 Å². The summed E-state index contributed by atoms with van der Waals surface area (Å²) in [7, 11) is 4.04. The first-order chi connectivity index (χ1) is 18.1. The number of anilines is 3. The van der Waals surface area contributed by atoms with E-state index in [1.807, 2.05) is 49.3 Å². The molecule has 1 aliphatic heterocycles. The molecular formula is C30H36N6O. The molecule has 37 heavy (non-hydrogen) atoms. The minimum absolute atomic E-state index is 0.108. The number of piperazine rings is 1. The number of aromatic nitrogens is 2. The summed E-state index contributed by atoms with van der Waals surface area (Å²) in [5, 5.41) is 3.60. The molecule has 1 unspecified atom stereocenters. The van der Waals surface area contributed by atoms with E-state index in [0.29, 0.717) is 6.61 Å². The molecule has 0 amide bonds. The Labute approximate surface area is 220 Å². The second kappa shape index (κ2) is 11.9. The Morgan fingerprint density at radius 2 is 1.62 bits per heavy atom. The number of hydrogen-bond acceptors (Lipinski definition) is 7. The lowest BCUT2D eigenvalue weighted by molar-refractivity contribution is 0.187. The number of hydrogen-bond donors (Lipinski definition) is 1. The Bertz CT molecular complexity index is 1200. The molecule has 1 saturated heterocycles. The summed E-state index contributed by atoms with van der Waals surface area (Å²) < 4.78 is 6.09. The van der Waals surface area contributed by atoms with E-state index in [1.165, 1.54) is 11.1 Å². The molecule has 1 fully saturated rings. The normalized spacial score (nSPS) is 17.8. The summed E-state index contributed by atoms with van der Waals surface area (Å²) in [5.74, 6) is 3.49. The predicted octanol–water partition coefficient (Wildman–Crippen LogP) is 4.71. The second-order valence-electron chi connectivity index (χ2n) is 9.80. The number of allylic oxidation sites excluding steroid dienone is 2. The molecule has 192 valence electrons. The fourth-order valence-corrected chi connectivity index (χ4v) is 4.61. The number of ether oxygens (including phenoxy) is 1. The van der Waals surface area contributed by atoms with Gasteiger partial charge in [0.15, 0.2) is 0 Å². The van der Waals surface area contributed by atoms with Gasteiger partial charge in [-0.15, -0.1) is 0 Å². The standard InChI is InChI=1S/C30H36N6O/c1-34(2)29-21-28(31-26-14-9-15-27(20-26)37-23-25-12-7-4-8-13-25)32-30(33-29)36-18-16-35(17-19-36)22-24-10-5-3-6-11-24/h3-15,21,26H,16-20,22-23H2,1-2H3,(H,31,32,33). The van der Waals surface area contributed by atoms with Gasteiger partial charge in [0.2, 0.25) is 5.95 Å². The highest BCUT2D eigenvalue weighted by Gasteiger charge is 2.21. The van der Waals surface area contributed by atoms with E-state index in [4.69, 9.17) is 14.7 Å². The maximum Gasteiger partial charge on any atom is 0.229 e. The van der Waals surface area contributed by atoms with Crippen molar-refractivity contribution < 1.29 is 4.74 Å². The quantitative estimate of drug-likeness (QED) is 0.461. The maximum absolute atomic E-state index is 6.09. The molecule has 7 heteroatoms. The number of benzene rings is 2. The Morgan fingerprint density at radius 3 is 2.32 bits per heavy atom. The van der Waals surface area contributed by atoms with Crippen molar-refractivity contribution in [3.05, 3.63) is 102 Å². The molecule has 3 aromatic rings. The molecule has 0 saturated carbocycles. The Kier molecular flexibility index (Phi) is 8.01. The minimum atomic E-state index is 0.108. The fraction of sp³-hybridized carbons (Fsp3) is 0.333. The molecule has 1 N–H and O–H groups in total. The average Bonchev–Trinajstić information content (AvgIpc) is 2.93. The summed E-state index contributed by atoms with van der Waals surface area (Å²) in [6.45, 7) is 5.36. The molecule has 1 aromatic heterocycles. The van der Waals surface area contributed by atoms with Crippen LogP contribution < -0.4 is 15.1 Å². The van der Waals surface area contributed by atoms with Gasteiger partial charge in [0, 0.05) is 59.3 Å². The van der Waals surface area contributed by atoms with Crippen LogP contribution in [-0.2, 0) is 17.9 Å². The van der Waals surface area contributed by atoms with Crippen molar-refractivity contribution in [2.45, 2.75) is 25.6 Å². The monoisotopic (exact) mass is 496 g/mol. The second-order valence-corrected chi connectivity index (χ2v) is 9.80. The van der Waals surface area contributed by atoms with E-state index in [9.17, 15) is 0 Å². The Morgan fingerprint density at radius 1 is 0.919 bits per heavy atom. The first kappa shape index (κ1) is 24.8. The largest absolute Gasteiger partial charge is 0.493 e. The van der Waals surface area contributed by atoms with Crippen LogP contribution in [0, 0.1) is 0 Å². The van der Waals surface area contributed by atoms with E-state index < -0.39 is 0 Å². The van der Waals surface area contributed by atoms with Crippen molar-refractivity contribution >= 4 is 17.6 Å². The Hall–Kier alpha value is -3.84. The molecule has 1 atom stereocenters. The lowest BCUT2D eigenvalue weighted by atomic mass is 10.1. The van der Waals surface area contributed by atoms with E-state index in [0.717, 1.165) is 62.5 Å². The summed E-state index contributed by atoms with van der Waals surface area (Å²) >= 11 is 0. The van der Waals surface area contributed by atoms with Crippen molar-refractivity contribution in [1.29, 1.82) is 0 Å². The van der Waals surface area contributed by atoms with Crippen LogP contribution in [0.2, 0.25) is 0 Å². The third-order valence-corrected chi connectivity index (χ3v) is 6.71. The zero-order valence-electron chi connectivity index (χ0n) is 21.8. The van der Waals surface area contributed by atoms with Gasteiger partial charge in [-0.05, 0) is 17.2 Å². The smallest absolute Gasteiger partial charge is 0.229 e. The van der Waals surface area contributed by atoms with Crippen LogP contribution in [0.1, 0.15) is 17.5 Å². The van der Waals surface area contributed by atoms with Gasteiger partial charge in [-0.2, -0.15) is 9.97 Å². The average molecular weight is 497 g/mol. The zero-order valence-corrected chi connectivity index (χ0v) is 21.8. The predicted molar refractivity (Wildman–Crippen MR) is 151 cm³/mol. The van der Waals surface area contributed by atoms with E-state index in [1.54, 1.807) is 0 Å². The fourth-order valence-electron chi connectivity index (χ4n) is 4.61. The van der Waals surface area contributed by atoms with Crippen molar-refractivity contribution in [2.75, 3.05) is 55.4 Å². The lowest BCUT2D eigenvalue weighted by Gasteiger charge is -2.35. The molecule has 2 heterocycles. The third-order valence-electron chi connectivity index (χ3n) is 6.71. The van der Waals surface area contributed by atoms with Gasteiger partial charge in [0.25, 0.3) is 0 Å². The van der Waals surface area contributed by atoms with Gasteiger partial charge >= 0.3 is 0 Å². The molecule has 7 nitrogen and oxygen atoms in total. The molecular weight excluding hydrogens is 460 g/mol. The van der Waals surface area contributed by atoms with Gasteiger partial charge in [-0.1, -0.05) is 72.8 Å². The number of nitrogens with one attached hydrogen (secondary N) is 1. The van der Waals surface area contributed by atoms with Crippen LogP contribution >= 0.6 is 0 Å². The molecule has 0 bridgehead atoms. The first-order valence-corrected chi connectivity index (χ1v) is 13.0. The minimum Gasteiger partial charge on any atom is -0.493 e. The summed E-state index contributed by atoms with van der Waals surface area (Å²) in [6.07, 6.45) is 7.04. The van der Waals surface area contributed by atoms with Crippen LogP contribution in [0.5, 0.6) is 0 Å². The highest BCUT2D eigenvalue weighted by Crippen LogP contribution is 2.24. The summed E-state index contributed by atoms with van der Waals surface area (Å²) in [5.41, 5.74) is 2.53. The van der Waals surface area contributed by atoms with Gasteiger partial charge in [-0.25, -0.2) is 0 Å². The van der Waals surface area contributed by atoms with Gasteiger partial charge < -0.3 is 19.9 Å². The SMILES string of the molecule is CN(C)c1cc(NC2C=CC=C(OCc3ccccc3)C2)nc(N2CCN(Cc3ccccc3)CC2)n1.